The van der Waals surface area contributed by atoms with Crippen LogP contribution in [-0.4, -0.2) is 44.1 Å². The van der Waals surface area contributed by atoms with Crippen molar-refractivity contribution >= 4 is 53.6 Å². The van der Waals surface area contributed by atoms with Crippen molar-refractivity contribution in [1.29, 1.82) is 0 Å². The molecule has 1 unspecified atom stereocenters. The first kappa shape index (κ1) is 32.4. The summed E-state index contributed by atoms with van der Waals surface area (Å²) >= 11 is 12.2. The highest BCUT2D eigenvalue weighted by atomic mass is 35.5. The van der Waals surface area contributed by atoms with Gasteiger partial charge in [-0.2, -0.15) is 0 Å². The number of aromatic nitrogens is 2. The number of hydrogen-bond donors (Lipinski definition) is 1. The Hall–Kier alpha value is -3.50. The van der Waals surface area contributed by atoms with Gasteiger partial charge in [0.15, 0.2) is 5.82 Å². The summed E-state index contributed by atoms with van der Waals surface area (Å²) in [4.78, 5) is 22.9. The van der Waals surface area contributed by atoms with Crippen LogP contribution in [0.5, 0.6) is 5.75 Å². The predicted octanol–water partition coefficient (Wildman–Crippen LogP) is 6.61. The van der Waals surface area contributed by atoms with Gasteiger partial charge in [-0.1, -0.05) is 93.0 Å². The fourth-order valence-corrected chi connectivity index (χ4v) is 10.1. The molecule has 1 aromatic heterocycles. The van der Waals surface area contributed by atoms with Crippen molar-refractivity contribution in [2.75, 3.05) is 18.6 Å². The van der Waals surface area contributed by atoms with Gasteiger partial charge < -0.3 is 14.5 Å². The molecule has 2 amide bonds. The van der Waals surface area contributed by atoms with Crippen molar-refractivity contribution in [3.8, 4) is 5.75 Å². The second-order valence-corrected chi connectivity index (χ2v) is 16.2. The molecular formula is C32H35Cl2FN4O3Si. The SMILES string of the molecule is COc1ccc(N(Cc2cnc(Cl)nc2Cl)C(=O)NC(C)CO[Si](c2ccccc2)(c2ccccc2)C(C)(C)C)c(F)c1. The third-order valence-corrected chi connectivity index (χ3v) is 12.7. The summed E-state index contributed by atoms with van der Waals surface area (Å²) in [7, 11) is -1.39. The third kappa shape index (κ3) is 7.36. The van der Waals surface area contributed by atoms with Gasteiger partial charge in [0.2, 0.25) is 5.28 Å². The minimum Gasteiger partial charge on any atom is -0.497 e. The van der Waals surface area contributed by atoms with Gasteiger partial charge in [-0.15, -0.1) is 0 Å². The Morgan fingerprint density at radius 1 is 1.02 bits per heavy atom. The number of benzene rings is 3. The summed E-state index contributed by atoms with van der Waals surface area (Å²) in [5.41, 5.74) is 0.428. The molecule has 0 aliphatic rings. The molecular weight excluding hydrogens is 606 g/mol. The lowest BCUT2D eigenvalue weighted by molar-refractivity contribution is 0.227. The molecule has 1 N–H and O–H groups in total. The van der Waals surface area contributed by atoms with E-state index < -0.39 is 26.2 Å². The summed E-state index contributed by atoms with van der Waals surface area (Å²) < 4.78 is 27.4. The molecule has 0 aliphatic heterocycles. The van der Waals surface area contributed by atoms with Crippen LogP contribution in [0.15, 0.2) is 85.1 Å². The average molecular weight is 642 g/mol. The number of urea groups is 1. The zero-order valence-corrected chi connectivity index (χ0v) is 27.3. The number of nitrogens with one attached hydrogen (secondary N) is 1. The number of hydrogen-bond acceptors (Lipinski definition) is 5. The molecule has 0 bridgehead atoms. The number of halogens is 3. The van der Waals surface area contributed by atoms with Crippen LogP contribution in [-0.2, 0) is 11.0 Å². The molecule has 0 saturated carbocycles. The topological polar surface area (TPSA) is 76.6 Å². The molecule has 1 heterocycles. The van der Waals surface area contributed by atoms with Crippen LogP contribution in [0, 0.1) is 5.82 Å². The summed E-state index contributed by atoms with van der Waals surface area (Å²) in [6, 6.07) is 23.8. The molecule has 7 nitrogen and oxygen atoms in total. The molecule has 0 fully saturated rings. The van der Waals surface area contributed by atoms with E-state index in [4.69, 9.17) is 32.4 Å². The van der Waals surface area contributed by atoms with Gasteiger partial charge in [0.05, 0.1) is 25.9 Å². The Bertz CT molecular complexity index is 1500. The normalized spacial score (nSPS) is 12.5. The van der Waals surface area contributed by atoms with Crippen LogP contribution in [0.2, 0.25) is 15.5 Å². The van der Waals surface area contributed by atoms with Crippen LogP contribution in [0.3, 0.4) is 0 Å². The van der Waals surface area contributed by atoms with Crippen LogP contribution in [0.4, 0.5) is 14.9 Å². The fraction of sp³-hybridized carbons (Fsp3) is 0.281. The van der Waals surface area contributed by atoms with Gasteiger partial charge in [0.25, 0.3) is 8.32 Å². The van der Waals surface area contributed by atoms with Gasteiger partial charge in [0, 0.05) is 23.9 Å². The zero-order valence-electron chi connectivity index (χ0n) is 24.8. The first-order chi connectivity index (χ1) is 20.5. The number of carbonyl (C=O) groups is 1. The number of ether oxygens (including phenoxy) is 1. The molecule has 0 aliphatic carbocycles. The molecule has 11 heteroatoms. The second-order valence-electron chi connectivity index (χ2n) is 11.2. The Morgan fingerprint density at radius 2 is 1.63 bits per heavy atom. The number of carbonyl (C=O) groups excluding carboxylic acids is 1. The minimum atomic E-state index is -2.83. The molecule has 4 rings (SSSR count). The summed E-state index contributed by atoms with van der Waals surface area (Å²) in [5.74, 6) is -0.321. The monoisotopic (exact) mass is 640 g/mol. The van der Waals surface area contributed by atoms with Crippen molar-refractivity contribution in [3.05, 3.63) is 107 Å². The van der Waals surface area contributed by atoms with Gasteiger partial charge in [-0.05, 0) is 46.1 Å². The van der Waals surface area contributed by atoms with Gasteiger partial charge >= 0.3 is 6.03 Å². The minimum absolute atomic E-state index is 0.0319. The molecule has 0 radical (unpaired) electrons. The largest absolute Gasteiger partial charge is 0.497 e. The van der Waals surface area contributed by atoms with E-state index in [2.05, 4.69) is 60.3 Å². The maximum absolute atomic E-state index is 15.3. The Labute approximate surface area is 263 Å². The first-order valence-corrected chi connectivity index (χ1v) is 16.5. The van der Waals surface area contributed by atoms with Crippen molar-refractivity contribution in [3.63, 3.8) is 0 Å². The molecule has 0 spiro atoms. The van der Waals surface area contributed by atoms with Crippen LogP contribution in [0.25, 0.3) is 0 Å². The number of methoxy groups -OCH3 is 1. The van der Waals surface area contributed by atoms with E-state index in [-0.39, 0.29) is 34.3 Å². The third-order valence-electron chi connectivity index (χ3n) is 7.14. The standard InChI is InChI=1S/C32H35Cl2FN4O3Si/c1-22(21-42-43(32(2,3)4,25-12-8-6-9-13-25)26-14-10-7-11-15-26)37-31(40)39(20-23-19-36-30(34)38-29(23)33)28-17-16-24(41-5)18-27(28)35/h6-19,22H,20-21H2,1-5H3,(H,37,40). The summed E-state index contributed by atoms with van der Waals surface area (Å²) in [6.45, 7) is 8.55. The van der Waals surface area contributed by atoms with E-state index in [1.807, 2.05) is 43.3 Å². The van der Waals surface area contributed by atoms with Crippen LogP contribution >= 0.6 is 23.2 Å². The van der Waals surface area contributed by atoms with Gasteiger partial charge in [-0.25, -0.2) is 19.2 Å². The van der Waals surface area contributed by atoms with E-state index >= 15 is 4.39 Å². The molecule has 1 atom stereocenters. The van der Waals surface area contributed by atoms with Crippen LogP contribution in [0.1, 0.15) is 33.3 Å². The van der Waals surface area contributed by atoms with Crippen molar-refractivity contribution in [2.45, 2.75) is 45.3 Å². The van der Waals surface area contributed by atoms with Gasteiger partial charge in [0.1, 0.15) is 10.9 Å². The number of rotatable bonds is 10. The molecule has 3 aromatic carbocycles. The lowest BCUT2D eigenvalue weighted by atomic mass is 10.2. The molecule has 43 heavy (non-hydrogen) atoms. The maximum atomic E-state index is 15.3. The van der Waals surface area contributed by atoms with E-state index in [1.54, 1.807) is 6.07 Å². The van der Waals surface area contributed by atoms with Crippen LogP contribution < -0.4 is 25.3 Å². The Kier molecular flexibility index (Phi) is 10.4. The highest BCUT2D eigenvalue weighted by molar-refractivity contribution is 6.99. The van der Waals surface area contributed by atoms with E-state index in [0.717, 1.165) is 10.4 Å². The molecule has 0 saturated heterocycles. The fourth-order valence-electron chi connectivity index (χ4n) is 5.08. The van der Waals surface area contributed by atoms with E-state index in [1.165, 1.54) is 30.3 Å². The molecule has 226 valence electrons. The number of amides is 2. The zero-order chi connectivity index (χ0) is 31.2. The number of nitrogens with zero attached hydrogens (tertiary/aromatic N) is 3. The quantitative estimate of drug-likeness (QED) is 0.120. The van der Waals surface area contributed by atoms with Crippen molar-refractivity contribution in [1.82, 2.24) is 15.3 Å². The predicted molar refractivity (Wildman–Crippen MR) is 173 cm³/mol. The number of anilines is 1. The van der Waals surface area contributed by atoms with Crippen molar-refractivity contribution in [2.24, 2.45) is 0 Å². The van der Waals surface area contributed by atoms with Crippen molar-refractivity contribution < 1.29 is 18.3 Å². The summed E-state index contributed by atoms with van der Waals surface area (Å²) in [6.07, 6.45) is 1.41. The van der Waals surface area contributed by atoms with Gasteiger partial charge in [-0.3, -0.25) is 4.90 Å². The Balaban J connectivity index is 1.63. The molecule has 4 aromatic rings. The Morgan fingerprint density at radius 3 is 2.14 bits per heavy atom. The van der Waals surface area contributed by atoms with E-state index in [0.29, 0.717) is 11.3 Å². The summed E-state index contributed by atoms with van der Waals surface area (Å²) in [5, 5.41) is 5.05. The first-order valence-electron chi connectivity index (χ1n) is 13.8. The van der Waals surface area contributed by atoms with E-state index in [9.17, 15) is 4.79 Å². The highest BCUT2D eigenvalue weighted by Gasteiger charge is 2.50. The highest BCUT2D eigenvalue weighted by Crippen LogP contribution is 2.37. The lowest BCUT2D eigenvalue weighted by Crippen LogP contribution is -2.67. The lowest BCUT2D eigenvalue weighted by Gasteiger charge is -2.43. The second kappa shape index (κ2) is 13.9. The maximum Gasteiger partial charge on any atom is 0.322 e. The smallest absolute Gasteiger partial charge is 0.322 e. The average Bonchev–Trinajstić information content (AvgIpc) is 2.97.